The summed E-state index contributed by atoms with van der Waals surface area (Å²) < 4.78 is 24.2. The van der Waals surface area contributed by atoms with Gasteiger partial charge in [-0.25, -0.2) is 17.5 Å². The van der Waals surface area contributed by atoms with E-state index in [4.69, 9.17) is 5.11 Å². The minimum atomic E-state index is -3.25. The predicted octanol–water partition coefficient (Wildman–Crippen LogP) is -1.30. The summed E-state index contributed by atoms with van der Waals surface area (Å²) in [6.45, 7) is 0.564. The van der Waals surface area contributed by atoms with Crippen molar-refractivity contribution in [2.75, 3.05) is 25.9 Å². The Morgan fingerprint density at radius 3 is 2.24 bits per heavy atom. The van der Waals surface area contributed by atoms with Gasteiger partial charge in [0, 0.05) is 32.0 Å². The molecule has 21 heavy (non-hydrogen) atoms. The third kappa shape index (κ3) is 3.53. The van der Waals surface area contributed by atoms with Crippen LogP contribution >= 0.6 is 0 Å². The van der Waals surface area contributed by atoms with Gasteiger partial charge in [-0.1, -0.05) is 0 Å². The fraction of sp³-hybridized carbons (Fsp3) is 0.833. The van der Waals surface area contributed by atoms with Gasteiger partial charge in [-0.2, -0.15) is 0 Å². The molecule has 0 spiro atoms. The molecular formula is C12H20N2O6S. The molecule has 2 atom stereocenters. The van der Waals surface area contributed by atoms with Gasteiger partial charge in [0.2, 0.25) is 15.9 Å². The fourth-order valence-corrected chi connectivity index (χ4v) is 3.83. The molecule has 9 heteroatoms. The second-order valence-electron chi connectivity index (χ2n) is 5.67. The molecule has 2 heterocycles. The number of amides is 1. The van der Waals surface area contributed by atoms with Crippen LogP contribution < -0.4 is 0 Å². The number of carbonyl (C=O) groups excluding carboxylic acids is 1. The highest BCUT2D eigenvalue weighted by molar-refractivity contribution is 7.88. The van der Waals surface area contributed by atoms with Crippen LogP contribution in [0, 0.1) is 5.92 Å². The first-order valence-electron chi connectivity index (χ1n) is 6.86. The molecule has 2 aliphatic rings. The zero-order valence-electron chi connectivity index (χ0n) is 11.8. The summed E-state index contributed by atoms with van der Waals surface area (Å²) in [4.78, 5) is 24.8. The number of β-amino-alcohol motifs (C(OH)–C–C–N with tert-alkyl or cyclic N) is 1. The summed E-state index contributed by atoms with van der Waals surface area (Å²) in [5.74, 6) is -1.80. The minimum Gasteiger partial charge on any atom is -0.480 e. The number of sulfonamides is 1. The van der Waals surface area contributed by atoms with E-state index < -0.39 is 28.1 Å². The van der Waals surface area contributed by atoms with Gasteiger partial charge in [0.05, 0.1) is 12.4 Å². The number of rotatable bonds is 3. The number of aliphatic hydroxyl groups is 1. The number of aliphatic carboxylic acids is 1. The van der Waals surface area contributed by atoms with Crippen molar-refractivity contribution in [2.45, 2.75) is 31.4 Å². The van der Waals surface area contributed by atoms with Crippen molar-refractivity contribution in [1.82, 2.24) is 9.21 Å². The van der Waals surface area contributed by atoms with Crippen LogP contribution in [0.2, 0.25) is 0 Å². The van der Waals surface area contributed by atoms with Crippen LogP contribution in [-0.2, 0) is 19.6 Å². The molecule has 0 radical (unpaired) electrons. The Morgan fingerprint density at radius 2 is 1.76 bits per heavy atom. The number of carbonyl (C=O) groups is 2. The smallest absolute Gasteiger partial charge is 0.326 e. The van der Waals surface area contributed by atoms with E-state index in [9.17, 15) is 23.1 Å². The maximum absolute atomic E-state index is 12.4. The number of hydrogen-bond donors (Lipinski definition) is 2. The SMILES string of the molecule is CS(=O)(=O)N1CCC(C(=O)N2CC(O)C[C@H]2C(=O)O)CC1. The lowest BCUT2D eigenvalue weighted by molar-refractivity contribution is -0.150. The highest BCUT2D eigenvalue weighted by atomic mass is 32.2. The lowest BCUT2D eigenvalue weighted by Gasteiger charge is -2.32. The topological polar surface area (TPSA) is 115 Å². The first kappa shape index (κ1) is 16.2. The maximum atomic E-state index is 12.4. The molecular weight excluding hydrogens is 300 g/mol. The Labute approximate surface area is 123 Å². The van der Waals surface area contributed by atoms with Crippen molar-refractivity contribution >= 4 is 21.9 Å². The van der Waals surface area contributed by atoms with Crippen molar-refractivity contribution in [3.8, 4) is 0 Å². The number of likely N-dealkylation sites (tertiary alicyclic amines) is 1. The Bertz CT molecular complexity index is 526. The molecule has 8 nitrogen and oxygen atoms in total. The monoisotopic (exact) mass is 320 g/mol. The van der Waals surface area contributed by atoms with E-state index in [-0.39, 0.29) is 37.9 Å². The van der Waals surface area contributed by atoms with Gasteiger partial charge in [0.1, 0.15) is 6.04 Å². The van der Waals surface area contributed by atoms with Crippen LogP contribution in [0.15, 0.2) is 0 Å². The third-order valence-electron chi connectivity index (χ3n) is 4.12. The Kier molecular flexibility index (Phi) is 4.54. The average Bonchev–Trinajstić information content (AvgIpc) is 2.79. The number of aliphatic hydroxyl groups excluding tert-OH is 1. The van der Waals surface area contributed by atoms with E-state index >= 15 is 0 Å². The van der Waals surface area contributed by atoms with E-state index in [1.807, 2.05) is 0 Å². The molecule has 0 aromatic carbocycles. The van der Waals surface area contributed by atoms with Crippen molar-refractivity contribution in [2.24, 2.45) is 5.92 Å². The van der Waals surface area contributed by atoms with Gasteiger partial charge >= 0.3 is 5.97 Å². The molecule has 1 amide bonds. The van der Waals surface area contributed by atoms with Crippen molar-refractivity contribution in [1.29, 1.82) is 0 Å². The lowest BCUT2D eigenvalue weighted by atomic mass is 9.96. The number of carboxylic acids is 1. The molecule has 0 aliphatic carbocycles. The normalized spacial score (nSPS) is 28.8. The highest BCUT2D eigenvalue weighted by Gasteiger charge is 2.42. The highest BCUT2D eigenvalue weighted by Crippen LogP contribution is 2.26. The molecule has 2 saturated heterocycles. The molecule has 0 saturated carbocycles. The molecule has 0 aromatic rings. The van der Waals surface area contributed by atoms with Crippen molar-refractivity contribution in [3.05, 3.63) is 0 Å². The number of piperidine rings is 1. The summed E-state index contributed by atoms with van der Waals surface area (Å²) in [5.41, 5.74) is 0. The molecule has 0 aromatic heterocycles. The minimum absolute atomic E-state index is 0.0299. The largest absolute Gasteiger partial charge is 0.480 e. The van der Waals surface area contributed by atoms with E-state index in [1.165, 1.54) is 9.21 Å². The Morgan fingerprint density at radius 1 is 1.19 bits per heavy atom. The molecule has 2 N–H and O–H groups in total. The van der Waals surface area contributed by atoms with Crippen molar-refractivity contribution in [3.63, 3.8) is 0 Å². The van der Waals surface area contributed by atoms with E-state index in [0.29, 0.717) is 12.8 Å². The van der Waals surface area contributed by atoms with Crippen LogP contribution in [0.4, 0.5) is 0 Å². The summed E-state index contributed by atoms with van der Waals surface area (Å²) in [5, 5.41) is 18.7. The third-order valence-corrected chi connectivity index (χ3v) is 5.42. The summed E-state index contributed by atoms with van der Waals surface area (Å²) >= 11 is 0. The summed E-state index contributed by atoms with van der Waals surface area (Å²) in [6.07, 6.45) is 1.12. The first-order valence-corrected chi connectivity index (χ1v) is 8.71. The Balaban J connectivity index is 2.00. The van der Waals surface area contributed by atoms with Crippen LogP contribution in [0.1, 0.15) is 19.3 Å². The van der Waals surface area contributed by atoms with Crippen LogP contribution in [-0.4, -0.2) is 77.7 Å². The van der Waals surface area contributed by atoms with Crippen LogP contribution in [0.5, 0.6) is 0 Å². The number of hydrogen-bond acceptors (Lipinski definition) is 5. The average molecular weight is 320 g/mol. The summed E-state index contributed by atoms with van der Waals surface area (Å²) in [7, 11) is -3.25. The first-order chi connectivity index (χ1) is 9.70. The Hall–Kier alpha value is -1.19. The standard InChI is InChI=1S/C12H20N2O6S/c1-21(19,20)13-4-2-8(3-5-13)11(16)14-7-9(15)6-10(14)12(17)18/h8-10,15H,2-7H2,1H3,(H,17,18)/t9?,10-/m0/s1. The van der Waals surface area contributed by atoms with Gasteiger partial charge in [-0.15, -0.1) is 0 Å². The zero-order valence-corrected chi connectivity index (χ0v) is 12.6. The van der Waals surface area contributed by atoms with E-state index in [1.54, 1.807) is 0 Å². The molecule has 120 valence electrons. The molecule has 0 bridgehead atoms. The van der Waals surface area contributed by atoms with Crippen LogP contribution in [0.25, 0.3) is 0 Å². The number of carboxylic acid groups (broad SMARTS) is 1. The molecule has 2 fully saturated rings. The van der Waals surface area contributed by atoms with Crippen LogP contribution in [0.3, 0.4) is 0 Å². The number of nitrogens with zero attached hydrogens (tertiary/aromatic N) is 2. The summed E-state index contributed by atoms with van der Waals surface area (Å²) in [6, 6.07) is -0.986. The van der Waals surface area contributed by atoms with Gasteiger partial charge < -0.3 is 15.1 Å². The quantitative estimate of drug-likeness (QED) is 0.668. The van der Waals surface area contributed by atoms with Gasteiger partial charge in [0.25, 0.3) is 0 Å². The predicted molar refractivity (Wildman–Crippen MR) is 72.9 cm³/mol. The second-order valence-corrected chi connectivity index (χ2v) is 7.65. The lowest BCUT2D eigenvalue weighted by Crippen LogP contribution is -2.47. The van der Waals surface area contributed by atoms with E-state index in [0.717, 1.165) is 6.26 Å². The molecule has 1 unspecified atom stereocenters. The molecule has 2 rings (SSSR count). The molecule has 2 aliphatic heterocycles. The second kappa shape index (κ2) is 5.90. The maximum Gasteiger partial charge on any atom is 0.326 e. The fourth-order valence-electron chi connectivity index (χ4n) is 2.96. The van der Waals surface area contributed by atoms with Gasteiger partial charge in [-0.05, 0) is 12.8 Å². The van der Waals surface area contributed by atoms with Gasteiger partial charge in [-0.3, -0.25) is 4.79 Å². The van der Waals surface area contributed by atoms with Gasteiger partial charge in [0.15, 0.2) is 0 Å². The zero-order chi connectivity index (χ0) is 15.8. The van der Waals surface area contributed by atoms with E-state index in [2.05, 4.69) is 0 Å². The van der Waals surface area contributed by atoms with Crippen molar-refractivity contribution < 1.29 is 28.2 Å².